The van der Waals surface area contributed by atoms with E-state index in [1.165, 1.54) is 41.0 Å². The topological polar surface area (TPSA) is 62.1 Å². The molecular formula is C21H22N2O2S. The van der Waals surface area contributed by atoms with E-state index in [-0.39, 0.29) is 18.6 Å². The number of nitriles is 1. The van der Waals surface area contributed by atoms with Crippen LogP contribution in [-0.2, 0) is 22.4 Å². The summed E-state index contributed by atoms with van der Waals surface area (Å²) in [6.07, 6.45) is 7.81. The normalized spacial score (nSPS) is 16.4. The molecule has 2 aliphatic rings. The average Bonchev–Trinajstić information content (AvgIpc) is 3.04. The van der Waals surface area contributed by atoms with Gasteiger partial charge in [-0.15, -0.1) is 11.3 Å². The summed E-state index contributed by atoms with van der Waals surface area (Å²) in [5.41, 5.74) is 3.99. The summed E-state index contributed by atoms with van der Waals surface area (Å²) in [5, 5.41) is 13.3. The molecule has 1 saturated carbocycles. The first-order chi connectivity index (χ1) is 12.8. The Bertz CT molecular complexity index is 859. The Balaban J connectivity index is 1.50. The van der Waals surface area contributed by atoms with Gasteiger partial charge in [-0.1, -0.05) is 43.5 Å². The van der Waals surface area contributed by atoms with Crippen molar-refractivity contribution in [1.29, 1.82) is 5.26 Å². The smallest absolute Gasteiger partial charge is 0.251 e. The van der Waals surface area contributed by atoms with Gasteiger partial charge in [-0.05, 0) is 36.8 Å². The molecule has 2 aromatic rings. The zero-order valence-corrected chi connectivity index (χ0v) is 15.5. The van der Waals surface area contributed by atoms with Gasteiger partial charge in [-0.25, -0.2) is 0 Å². The molecule has 134 valence electrons. The molecule has 1 N–H and O–H groups in total. The van der Waals surface area contributed by atoms with Crippen LogP contribution in [0.25, 0.3) is 11.1 Å². The standard InChI is InChI=1S/C21H22N2O2S/c22-12-17-20-16-9-5-4-6-14(16)10-11-18(20)26-21(17)23-19(24)13-25-15-7-2-1-3-8-15/h4-6,9,15H,1-3,7-8,10-11,13H2,(H,23,24). The molecular weight excluding hydrogens is 344 g/mol. The van der Waals surface area contributed by atoms with E-state index in [9.17, 15) is 10.1 Å². The molecule has 0 unspecified atom stereocenters. The van der Waals surface area contributed by atoms with E-state index >= 15 is 0 Å². The lowest BCUT2D eigenvalue weighted by Gasteiger charge is -2.21. The number of rotatable bonds is 4. The van der Waals surface area contributed by atoms with Crippen LogP contribution in [-0.4, -0.2) is 18.6 Å². The van der Waals surface area contributed by atoms with Crippen molar-refractivity contribution in [2.75, 3.05) is 11.9 Å². The second kappa shape index (κ2) is 7.61. The lowest BCUT2D eigenvalue weighted by Crippen LogP contribution is -2.24. The number of hydrogen-bond donors (Lipinski definition) is 1. The summed E-state index contributed by atoms with van der Waals surface area (Å²) in [6, 6.07) is 10.5. The van der Waals surface area contributed by atoms with Crippen molar-refractivity contribution in [3.8, 4) is 17.2 Å². The van der Waals surface area contributed by atoms with E-state index < -0.39 is 0 Å². The second-order valence-corrected chi connectivity index (χ2v) is 8.10. The summed E-state index contributed by atoms with van der Waals surface area (Å²) in [5.74, 6) is -0.168. The van der Waals surface area contributed by atoms with Gasteiger partial charge in [0.05, 0.1) is 11.7 Å². The van der Waals surface area contributed by atoms with Crippen LogP contribution in [0.15, 0.2) is 24.3 Å². The van der Waals surface area contributed by atoms with Crippen molar-refractivity contribution in [2.45, 2.75) is 51.0 Å². The second-order valence-electron chi connectivity index (χ2n) is 6.99. The molecule has 26 heavy (non-hydrogen) atoms. The number of nitrogens with zero attached hydrogens (tertiary/aromatic N) is 1. The Morgan fingerprint density at radius 1 is 1.23 bits per heavy atom. The van der Waals surface area contributed by atoms with Crippen LogP contribution in [0.5, 0.6) is 0 Å². The number of thiophene rings is 1. The molecule has 4 rings (SSSR count). The minimum absolute atomic E-state index is 0.0642. The molecule has 0 aliphatic heterocycles. The number of carbonyl (C=O) groups is 1. The molecule has 0 saturated heterocycles. The van der Waals surface area contributed by atoms with Crippen molar-refractivity contribution >= 4 is 22.2 Å². The number of fused-ring (bicyclic) bond motifs is 3. The highest BCUT2D eigenvalue weighted by Gasteiger charge is 2.25. The van der Waals surface area contributed by atoms with Gasteiger partial charge in [0.2, 0.25) is 0 Å². The fourth-order valence-corrected chi connectivity index (χ4v) is 5.13. The van der Waals surface area contributed by atoms with Gasteiger partial charge in [0.15, 0.2) is 0 Å². The fourth-order valence-electron chi connectivity index (χ4n) is 3.95. The maximum Gasteiger partial charge on any atom is 0.251 e. The number of aryl methyl sites for hydroxylation is 2. The maximum absolute atomic E-state index is 12.3. The van der Waals surface area contributed by atoms with E-state index in [0.29, 0.717) is 10.6 Å². The van der Waals surface area contributed by atoms with E-state index in [1.807, 2.05) is 12.1 Å². The predicted molar refractivity (Wildman–Crippen MR) is 103 cm³/mol. The van der Waals surface area contributed by atoms with E-state index in [2.05, 4.69) is 23.5 Å². The Morgan fingerprint density at radius 2 is 2.04 bits per heavy atom. The van der Waals surface area contributed by atoms with Crippen LogP contribution in [0.2, 0.25) is 0 Å². The summed E-state index contributed by atoms with van der Waals surface area (Å²) < 4.78 is 5.76. The number of anilines is 1. The Labute approximate surface area is 157 Å². The molecule has 0 bridgehead atoms. The minimum atomic E-state index is -0.168. The molecule has 0 atom stereocenters. The van der Waals surface area contributed by atoms with E-state index in [0.717, 1.165) is 36.8 Å². The molecule has 1 amide bonds. The highest BCUT2D eigenvalue weighted by Crippen LogP contribution is 2.44. The van der Waals surface area contributed by atoms with Crippen LogP contribution in [0.4, 0.5) is 5.00 Å². The average molecular weight is 366 g/mol. The van der Waals surface area contributed by atoms with E-state index in [4.69, 9.17) is 4.74 Å². The number of nitrogens with one attached hydrogen (secondary N) is 1. The van der Waals surface area contributed by atoms with Gasteiger partial charge in [-0.2, -0.15) is 5.26 Å². The molecule has 1 fully saturated rings. The highest BCUT2D eigenvalue weighted by molar-refractivity contribution is 7.17. The quantitative estimate of drug-likeness (QED) is 0.855. The monoisotopic (exact) mass is 366 g/mol. The summed E-state index contributed by atoms with van der Waals surface area (Å²) in [4.78, 5) is 13.5. The van der Waals surface area contributed by atoms with Crippen LogP contribution in [0, 0.1) is 11.3 Å². The molecule has 2 aliphatic carbocycles. The number of ether oxygens (including phenoxy) is 1. The zero-order chi connectivity index (χ0) is 17.9. The summed E-state index contributed by atoms with van der Waals surface area (Å²) in [6.45, 7) is 0.0642. The Kier molecular flexibility index (Phi) is 5.05. The lowest BCUT2D eigenvalue weighted by molar-refractivity contribution is -0.123. The SMILES string of the molecule is N#Cc1c(NC(=O)COC2CCCCC2)sc2c1-c1ccccc1CC2. The third-order valence-corrected chi connectivity index (χ3v) is 6.42. The van der Waals surface area contributed by atoms with Gasteiger partial charge in [0, 0.05) is 10.4 Å². The van der Waals surface area contributed by atoms with Gasteiger partial charge in [0.25, 0.3) is 5.91 Å². The highest BCUT2D eigenvalue weighted by atomic mass is 32.1. The third-order valence-electron chi connectivity index (χ3n) is 5.26. The first-order valence-electron chi connectivity index (χ1n) is 9.31. The van der Waals surface area contributed by atoms with Crippen LogP contribution in [0.3, 0.4) is 0 Å². The van der Waals surface area contributed by atoms with Crippen LogP contribution in [0.1, 0.15) is 48.1 Å². The van der Waals surface area contributed by atoms with Crippen molar-refractivity contribution in [2.24, 2.45) is 0 Å². The Morgan fingerprint density at radius 3 is 2.85 bits per heavy atom. The molecule has 1 aromatic carbocycles. The zero-order valence-electron chi connectivity index (χ0n) is 14.7. The van der Waals surface area contributed by atoms with Crippen molar-refractivity contribution in [3.05, 3.63) is 40.3 Å². The number of hydrogen-bond acceptors (Lipinski definition) is 4. The van der Waals surface area contributed by atoms with E-state index in [1.54, 1.807) is 0 Å². The number of carbonyl (C=O) groups excluding carboxylic acids is 1. The van der Waals surface area contributed by atoms with Crippen LogP contribution >= 0.6 is 11.3 Å². The molecule has 0 radical (unpaired) electrons. The lowest BCUT2D eigenvalue weighted by atomic mass is 9.88. The molecule has 4 nitrogen and oxygen atoms in total. The predicted octanol–water partition coefficient (Wildman–Crippen LogP) is 4.67. The minimum Gasteiger partial charge on any atom is -0.368 e. The first-order valence-corrected chi connectivity index (χ1v) is 10.1. The fraction of sp³-hybridized carbons (Fsp3) is 0.429. The van der Waals surface area contributed by atoms with Crippen LogP contribution < -0.4 is 5.32 Å². The molecule has 1 aromatic heterocycles. The summed E-state index contributed by atoms with van der Waals surface area (Å²) in [7, 11) is 0. The largest absolute Gasteiger partial charge is 0.368 e. The molecule has 5 heteroatoms. The number of amides is 1. The van der Waals surface area contributed by atoms with Crippen molar-refractivity contribution in [1.82, 2.24) is 0 Å². The van der Waals surface area contributed by atoms with Crippen molar-refractivity contribution in [3.63, 3.8) is 0 Å². The van der Waals surface area contributed by atoms with Gasteiger partial charge >= 0.3 is 0 Å². The van der Waals surface area contributed by atoms with Gasteiger partial charge < -0.3 is 10.1 Å². The maximum atomic E-state index is 12.3. The van der Waals surface area contributed by atoms with Gasteiger partial charge in [0.1, 0.15) is 17.7 Å². The van der Waals surface area contributed by atoms with Gasteiger partial charge in [-0.3, -0.25) is 4.79 Å². The first kappa shape index (κ1) is 17.3. The third kappa shape index (κ3) is 3.40. The summed E-state index contributed by atoms with van der Waals surface area (Å²) >= 11 is 1.53. The van der Waals surface area contributed by atoms with Crippen molar-refractivity contribution < 1.29 is 9.53 Å². The molecule has 1 heterocycles. The Hall–Kier alpha value is -2.16. The molecule has 0 spiro atoms. The number of benzene rings is 1.